The standard InChI is InChI=1S/C19H24N2O2S/c22-19(23-16-13-21-10-8-14(16)9-11-21)18(17-7-4-12-24-17)20-15-5-2-1-3-6-15/h1-3,5-7,14,16,18,20H,4,8-13H2/t16-,18?/m0/s1. The zero-order chi connectivity index (χ0) is 16.4. The highest BCUT2D eigenvalue weighted by Crippen LogP contribution is 2.33. The van der Waals surface area contributed by atoms with Crippen molar-refractivity contribution in [2.45, 2.75) is 31.4 Å². The molecule has 0 saturated carbocycles. The first-order valence-corrected chi connectivity index (χ1v) is 9.85. The second-order valence-electron chi connectivity index (χ2n) is 6.80. The number of esters is 1. The van der Waals surface area contributed by atoms with Gasteiger partial charge in [-0.3, -0.25) is 4.90 Å². The Morgan fingerprint density at radius 3 is 2.67 bits per heavy atom. The van der Waals surface area contributed by atoms with Crippen molar-refractivity contribution in [1.82, 2.24) is 4.90 Å². The highest BCUT2D eigenvalue weighted by molar-refractivity contribution is 8.03. The normalized spacial score (nSPS) is 29.8. The lowest BCUT2D eigenvalue weighted by Gasteiger charge is -2.44. The van der Waals surface area contributed by atoms with Crippen LogP contribution in [0.15, 0.2) is 41.3 Å². The first-order chi connectivity index (χ1) is 11.8. The number of carbonyl (C=O) groups is 1. The number of piperidine rings is 3. The Hall–Kier alpha value is -1.46. The number of allylic oxidation sites excluding steroid dienone is 1. The number of benzene rings is 1. The van der Waals surface area contributed by atoms with Crippen LogP contribution in [0, 0.1) is 5.92 Å². The van der Waals surface area contributed by atoms with E-state index in [4.69, 9.17) is 4.74 Å². The van der Waals surface area contributed by atoms with Gasteiger partial charge in [0.1, 0.15) is 6.10 Å². The SMILES string of the molecule is O=C(O[C@H]1CN2CCC1CC2)C(Nc1ccccc1)C1=CCCS1. The molecule has 3 saturated heterocycles. The number of nitrogens with zero attached hydrogens (tertiary/aromatic N) is 1. The molecule has 0 radical (unpaired) electrons. The topological polar surface area (TPSA) is 41.6 Å². The Morgan fingerprint density at radius 2 is 2.04 bits per heavy atom. The lowest BCUT2D eigenvalue weighted by atomic mass is 9.86. The van der Waals surface area contributed by atoms with Crippen molar-refractivity contribution in [3.05, 3.63) is 41.3 Å². The van der Waals surface area contributed by atoms with Crippen LogP contribution in [0.4, 0.5) is 5.69 Å². The van der Waals surface area contributed by atoms with Crippen LogP contribution < -0.4 is 5.32 Å². The van der Waals surface area contributed by atoms with Crippen molar-refractivity contribution in [3.8, 4) is 0 Å². The third kappa shape index (κ3) is 3.47. The number of ether oxygens (including phenoxy) is 1. The van der Waals surface area contributed by atoms with E-state index in [1.54, 1.807) is 11.8 Å². The summed E-state index contributed by atoms with van der Waals surface area (Å²) in [5, 5.41) is 3.38. The average molecular weight is 344 g/mol. The van der Waals surface area contributed by atoms with Gasteiger partial charge in [0.15, 0.2) is 6.04 Å². The zero-order valence-electron chi connectivity index (χ0n) is 13.8. The molecule has 1 unspecified atom stereocenters. The molecule has 4 aliphatic heterocycles. The van der Waals surface area contributed by atoms with E-state index in [1.807, 2.05) is 30.3 Å². The number of rotatable bonds is 5. The minimum Gasteiger partial charge on any atom is -0.459 e. The molecule has 1 aromatic rings. The van der Waals surface area contributed by atoms with Gasteiger partial charge in [0.25, 0.3) is 0 Å². The van der Waals surface area contributed by atoms with Gasteiger partial charge < -0.3 is 10.1 Å². The lowest BCUT2D eigenvalue weighted by molar-refractivity contribution is -0.158. The molecule has 0 amide bonds. The van der Waals surface area contributed by atoms with Crippen LogP contribution in [0.1, 0.15) is 19.3 Å². The summed E-state index contributed by atoms with van der Waals surface area (Å²) in [6.45, 7) is 3.22. The largest absolute Gasteiger partial charge is 0.459 e. The fraction of sp³-hybridized carbons (Fsp3) is 0.526. The number of fused-ring (bicyclic) bond motifs is 3. The molecular formula is C19H24N2O2S. The minimum atomic E-state index is -0.379. The van der Waals surface area contributed by atoms with E-state index in [-0.39, 0.29) is 18.1 Å². The highest BCUT2D eigenvalue weighted by Gasteiger charge is 2.38. The van der Waals surface area contributed by atoms with Crippen LogP contribution in [0.3, 0.4) is 0 Å². The summed E-state index contributed by atoms with van der Waals surface area (Å²) < 4.78 is 5.97. The molecule has 0 spiro atoms. The molecule has 2 bridgehead atoms. The van der Waals surface area contributed by atoms with Crippen molar-refractivity contribution in [3.63, 3.8) is 0 Å². The molecule has 4 nitrogen and oxygen atoms in total. The highest BCUT2D eigenvalue weighted by atomic mass is 32.2. The number of para-hydroxylation sites is 1. The predicted molar refractivity (Wildman–Crippen MR) is 98.1 cm³/mol. The molecule has 0 aliphatic carbocycles. The first-order valence-electron chi connectivity index (χ1n) is 8.87. The van der Waals surface area contributed by atoms with Crippen LogP contribution in [-0.2, 0) is 9.53 Å². The fourth-order valence-electron chi connectivity index (χ4n) is 3.85. The summed E-state index contributed by atoms with van der Waals surface area (Å²) >= 11 is 1.76. The summed E-state index contributed by atoms with van der Waals surface area (Å²) in [6.07, 6.45) is 5.58. The van der Waals surface area contributed by atoms with Gasteiger partial charge >= 0.3 is 5.97 Å². The molecular weight excluding hydrogens is 320 g/mol. The van der Waals surface area contributed by atoms with Gasteiger partial charge in [0, 0.05) is 22.9 Å². The zero-order valence-corrected chi connectivity index (χ0v) is 14.6. The maximum Gasteiger partial charge on any atom is 0.334 e. The van der Waals surface area contributed by atoms with Crippen LogP contribution in [0.2, 0.25) is 0 Å². The van der Waals surface area contributed by atoms with Crippen molar-refractivity contribution >= 4 is 23.4 Å². The van der Waals surface area contributed by atoms with E-state index in [0.29, 0.717) is 5.92 Å². The van der Waals surface area contributed by atoms with E-state index in [0.717, 1.165) is 55.2 Å². The third-order valence-corrected chi connectivity index (χ3v) is 6.38. The van der Waals surface area contributed by atoms with Gasteiger partial charge in [-0.1, -0.05) is 24.3 Å². The molecule has 5 rings (SSSR count). The third-order valence-electron chi connectivity index (χ3n) is 5.20. The molecule has 4 aliphatic rings. The molecule has 5 heteroatoms. The Morgan fingerprint density at radius 1 is 1.25 bits per heavy atom. The summed E-state index contributed by atoms with van der Waals surface area (Å²) in [7, 11) is 0. The molecule has 128 valence electrons. The van der Waals surface area contributed by atoms with Gasteiger partial charge in [-0.2, -0.15) is 0 Å². The van der Waals surface area contributed by atoms with Crippen LogP contribution in [0.25, 0.3) is 0 Å². The molecule has 2 atom stereocenters. The van der Waals surface area contributed by atoms with Crippen LogP contribution in [0.5, 0.6) is 0 Å². The van der Waals surface area contributed by atoms with Gasteiger partial charge in [0.2, 0.25) is 0 Å². The van der Waals surface area contributed by atoms with Gasteiger partial charge in [0.05, 0.1) is 0 Å². The molecule has 1 N–H and O–H groups in total. The van der Waals surface area contributed by atoms with E-state index in [9.17, 15) is 4.79 Å². The summed E-state index contributed by atoms with van der Waals surface area (Å²) in [5.41, 5.74) is 0.960. The number of carbonyl (C=O) groups excluding carboxylic acids is 1. The second kappa shape index (κ2) is 7.19. The Kier molecular flexibility index (Phi) is 4.81. The number of thioether (sulfide) groups is 1. The lowest BCUT2D eigenvalue weighted by Crippen LogP contribution is -2.53. The Labute approximate surface area is 147 Å². The van der Waals surface area contributed by atoms with Crippen molar-refractivity contribution < 1.29 is 9.53 Å². The van der Waals surface area contributed by atoms with Crippen molar-refractivity contribution in [1.29, 1.82) is 0 Å². The van der Waals surface area contributed by atoms with Crippen LogP contribution >= 0.6 is 11.8 Å². The summed E-state index contributed by atoms with van der Waals surface area (Å²) in [6, 6.07) is 9.55. The number of hydrogen-bond donors (Lipinski definition) is 1. The molecule has 0 aromatic heterocycles. The van der Waals surface area contributed by atoms with Crippen molar-refractivity contribution in [2.75, 3.05) is 30.7 Å². The smallest absolute Gasteiger partial charge is 0.334 e. The van der Waals surface area contributed by atoms with Gasteiger partial charge in [-0.25, -0.2) is 4.79 Å². The molecule has 24 heavy (non-hydrogen) atoms. The quantitative estimate of drug-likeness (QED) is 0.831. The number of hydrogen-bond acceptors (Lipinski definition) is 5. The second-order valence-corrected chi connectivity index (χ2v) is 7.97. The van der Waals surface area contributed by atoms with Gasteiger partial charge in [-0.15, -0.1) is 11.8 Å². The predicted octanol–water partition coefficient (Wildman–Crippen LogP) is 3.13. The monoisotopic (exact) mass is 344 g/mol. The molecule has 3 fully saturated rings. The molecule has 1 aromatic carbocycles. The minimum absolute atomic E-state index is 0.0621. The van der Waals surface area contributed by atoms with E-state index < -0.39 is 0 Å². The van der Waals surface area contributed by atoms with Crippen molar-refractivity contribution in [2.24, 2.45) is 5.92 Å². The maximum absolute atomic E-state index is 12.9. The fourth-order valence-corrected chi connectivity index (χ4v) is 4.88. The van der Waals surface area contributed by atoms with E-state index >= 15 is 0 Å². The number of anilines is 1. The number of nitrogens with one attached hydrogen (secondary N) is 1. The first kappa shape index (κ1) is 16.0. The Bertz CT molecular complexity index is 611. The van der Waals surface area contributed by atoms with Gasteiger partial charge in [-0.05, 0) is 50.4 Å². The summed E-state index contributed by atoms with van der Waals surface area (Å²) in [4.78, 5) is 16.4. The average Bonchev–Trinajstić information content (AvgIpc) is 3.16. The van der Waals surface area contributed by atoms with E-state index in [1.165, 1.54) is 0 Å². The molecule has 4 heterocycles. The maximum atomic E-state index is 12.9. The Balaban J connectivity index is 1.47. The van der Waals surface area contributed by atoms with E-state index in [2.05, 4.69) is 16.3 Å². The summed E-state index contributed by atoms with van der Waals surface area (Å²) in [5.74, 6) is 1.47. The van der Waals surface area contributed by atoms with Crippen LogP contribution in [-0.4, -0.2) is 48.4 Å².